The summed E-state index contributed by atoms with van der Waals surface area (Å²) in [6.07, 6.45) is 0.672. The van der Waals surface area contributed by atoms with Crippen LogP contribution in [0.1, 0.15) is 16.8 Å². The lowest BCUT2D eigenvalue weighted by atomic mass is 10.1. The van der Waals surface area contributed by atoms with E-state index >= 15 is 0 Å². The number of nitrogen functional groups attached to an aromatic ring is 1. The lowest BCUT2D eigenvalue weighted by Gasteiger charge is -2.15. The van der Waals surface area contributed by atoms with E-state index in [-0.39, 0.29) is 23.3 Å². The summed E-state index contributed by atoms with van der Waals surface area (Å²) in [5.41, 5.74) is 7.67. The average molecular weight is 311 g/mol. The number of nitrogens with one attached hydrogen (secondary N) is 1. The van der Waals surface area contributed by atoms with E-state index in [0.29, 0.717) is 29.9 Å². The Morgan fingerprint density at radius 2 is 2.14 bits per heavy atom. The lowest BCUT2D eigenvalue weighted by Crippen LogP contribution is -2.22. The number of carbonyl (C=O) groups excluding carboxylic acids is 1. The van der Waals surface area contributed by atoms with E-state index in [4.69, 9.17) is 5.73 Å². The van der Waals surface area contributed by atoms with E-state index in [1.165, 1.54) is 4.90 Å². The number of nitrogens with two attached hydrogens (primary N) is 1. The Labute approximate surface area is 125 Å². The van der Waals surface area contributed by atoms with Crippen molar-refractivity contribution in [3.63, 3.8) is 0 Å². The number of hydrogen-bond acceptors (Lipinski definition) is 5. The SMILES string of the molecule is CN(C)C(=O)c1ccc(N)c(NCC2CCS(=O)(=O)C2)c1. The molecule has 6 nitrogen and oxygen atoms in total. The highest BCUT2D eigenvalue weighted by molar-refractivity contribution is 7.91. The molecular formula is C14H21N3O3S. The summed E-state index contributed by atoms with van der Waals surface area (Å²) in [5.74, 6) is 0.480. The van der Waals surface area contributed by atoms with E-state index in [1.807, 2.05) is 0 Å². The minimum Gasteiger partial charge on any atom is -0.397 e. The summed E-state index contributed by atoms with van der Waals surface area (Å²) < 4.78 is 22.9. The maximum atomic E-state index is 11.9. The van der Waals surface area contributed by atoms with Crippen LogP contribution < -0.4 is 11.1 Å². The van der Waals surface area contributed by atoms with Gasteiger partial charge >= 0.3 is 0 Å². The van der Waals surface area contributed by atoms with Crippen molar-refractivity contribution in [3.8, 4) is 0 Å². The zero-order valence-electron chi connectivity index (χ0n) is 12.3. The molecule has 0 aromatic heterocycles. The molecule has 1 fully saturated rings. The lowest BCUT2D eigenvalue weighted by molar-refractivity contribution is 0.0827. The van der Waals surface area contributed by atoms with Crippen LogP contribution in [0.15, 0.2) is 18.2 Å². The van der Waals surface area contributed by atoms with Gasteiger partial charge in [0.2, 0.25) is 0 Å². The van der Waals surface area contributed by atoms with Gasteiger partial charge in [-0.25, -0.2) is 8.42 Å². The Hall–Kier alpha value is -1.76. The van der Waals surface area contributed by atoms with Crippen molar-refractivity contribution in [1.29, 1.82) is 0 Å². The summed E-state index contributed by atoms with van der Waals surface area (Å²) in [4.78, 5) is 13.4. The summed E-state index contributed by atoms with van der Waals surface area (Å²) in [6.45, 7) is 0.545. The van der Waals surface area contributed by atoms with Gasteiger partial charge in [0.25, 0.3) is 5.91 Å². The van der Waals surface area contributed by atoms with Crippen LogP contribution in [0.2, 0.25) is 0 Å². The molecule has 0 bridgehead atoms. The number of benzene rings is 1. The highest BCUT2D eigenvalue weighted by Crippen LogP contribution is 2.23. The predicted molar refractivity (Wildman–Crippen MR) is 84.1 cm³/mol. The third-order valence-electron chi connectivity index (χ3n) is 3.61. The Bertz CT molecular complexity index is 641. The van der Waals surface area contributed by atoms with Crippen LogP contribution in [0.5, 0.6) is 0 Å². The molecule has 2 rings (SSSR count). The number of sulfone groups is 1. The van der Waals surface area contributed by atoms with Gasteiger partial charge in [0.05, 0.1) is 22.9 Å². The van der Waals surface area contributed by atoms with Crippen molar-refractivity contribution in [2.45, 2.75) is 6.42 Å². The van der Waals surface area contributed by atoms with Gasteiger partial charge in [-0.15, -0.1) is 0 Å². The van der Waals surface area contributed by atoms with Gasteiger partial charge in [-0.3, -0.25) is 4.79 Å². The first kappa shape index (κ1) is 15.6. The Morgan fingerprint density at radius 3 is 2.71 bits per heavy atom. The number of anilines is 2. The van der Waals surface area contributed by atoms with Gasteiger partial charge in [0.15, 0.2) is 9.84 Å². The van der Waals surface area contributed by atoms with Crippen molar-refractivity contribution < 1.29 is 13.2 Å². The molecule has 1 aliphatic heterocycles. The molecule has 0 aliphatic carbocycles. The van der Waals surface area contributed by atoms with E-state index in [2.05, 4.69) is 5.32 Å². The molecule has 1 aromatic rings. The topological polar surface area (TPSA) is 92.5 Å². The minimum atomic E-state index is -2.87. The molecule has 1 heterocycles. The van der Waals surface area contributed by atoms with Crippen LogP contribution in [-0.2, 0) is 9.84 Å². The van der Waals surface area contributed by atoms with E-state index < -0.39 is 9.84 Å². The predicted octanol–water partition coefficient (Wildman–Crippen LogP) is 0.817. The van der Waals surface area contributed by atoms with Crippen molar-refractivity contribution in [2.75, 3.05) is 43.2 Å². The first-order valence-corrected chi connectivity index (χ1v) is 8.66. The standard InChI is InChI=1S/C14H21N3O3S/c1-17(2)14(18)11-3-4-12(15)13(7-11)16-8-10-5-6-21(19,20)9-10/h3-4,7,10,16H,5-6,8-9,15H2,1-2H3. The minimum absolute atomic E-state index is 0.0958. The largest absolute Gasteiger partial charge is 0.397 e. The highest BCUT2D eigenvalue weighted by atomic mass is 32.2. The van der Waals surface area contributed by atoms with Crippen LogP contribution in [0, 0.1) is 5.92 Å². The summed E-state index contributed by atoms with van der Waals surface area (Å²) in [5, 5.41) is 3.17. The average Bonchev–Trinajstić information content (AvgIpc) is 2.76. The number of rotatable bonds is 4. The van der Waals surface area contributed by atoms with Crippen LogP contribution >= 0.6 is 0 Å². The third kappa shape index (κ3) is 3.87. The fourth-order valence-corrected chi connectivity index (χ4v) is 4.25. The molecule has 1 aromatic carbocycles. The Balaban J connectivity index is 2.06. The molecule has 1 amide bonds. The van der Waals surface area contributed by atoms with Crippen LogP contribution in [0.25, 0.3) is 0 Å². The van der Waals surface area contributed by atoms with Crippen LogP contribution in [-0.4, -0.2) is 51.4 Å². The second-order valence-corrected chi connectivity index (χ2v) is 7.88. The molecule has 0 radical (unpaired) electrons. The van der Waals surface area contributed by atoms with Crippen LogP contribution in [0.3, 0.4) is 0 Å². The van der Waals surface area contributed by atoms with Gasteiger partial charge in [0, 0.05) is 26.2 Å². The zero-order chi connectivity index (χ0) is 15.6. The third-order valence-corrected chi connectivity index (χ3v) is 5.45. The number of amides is 1. The Kier molecular flexibility index (Phi) is 4.41. The van der Waals surface area contributed by atoms with Gasteiger partial charge in [-0.05, 0) is 30.5 Å². The normalized spacial score (nSPS) is 20.2. The first-order valence-electron chi connectivity index (χ1n) is 6.84. The molecule has 116 valence electrons. The molecule has 1 aliphatic rings. The molecule has 0 saturated carbocycles. The van der Waals surface area contributed by atoms with Gasteiger partial charge in [0.1, 0.15) is 0 Å². The van der Waals surface area contributed by atoms with Crippen molar-refractivity contribution in [1.82, 2.24) is 4.90 Å². The number of nitrogens with zero attached hydrogens (tertiary/aromatic N) is 1. The van der Waals surface area contributed by atoms with Crippen LogP contribution in [0.4, 0.5) is 11.4 Å². The van der Waals surface area contributed by atoms with Gasteiger partial charge in [-0.2, -0.15) is 0 Å². The second-order valence-electron chi connectivity index (χ2n) is 5.65. The summed E-state index contributed by atoms with van der Waals surface area (Å²) >= 11 is 0. The molecular weight excluding hydrogens is 290 g/mol. The molecule has 7 heteroatoms. The molecule has 1 atom stereocenters. The Morgan fingerprint density at radius 1 is 1.43 bits per heavy atom. The van der Waals surface area contributed by atoms with E-state index in [1.54, 1.807) is 32.3 Å². The zero-order valence-corrected chi connectivity index (χ0v) is 13.1. The van der Waals surface area contributed by atoms with Crippen molar-refractivity contribution in [2.24, 2.45) is 5.92 Å². The van der Waals surface area contributed by atoms with Gasteiger partial charge in [-0.1, -0.05) is 0 Å². The van der Waals surface area contributed by atoms with Crippen molar-refractivity contribution >= 4 is 27.1 Å². The molecule has 21 heavy (non-hydrogen) atoms. The molecule has 1 unspecified atom stereocenters. The van der Waals surface area contributed by atoms with Gasteiger partial charge < -0.3 is 16.0 Å². The monoisotopic (exact) mass is 311 g/mol. The summed E-state index contributed by atoms with van der Waals surface area (Å²) in [7, 11) is 0.504. The molecule has 1 saturated heterocycles. The fraction of sp³-hybridized carbons (Fsp3) is 0.500. The maximum Gasteiger partial charge on any atom is 0.253 e. The smallest absolute Gasteiger partial charge is 0.253 e. The fourth-order valence-electron chi connectivity index (χ4n) is 2.39. The van der Waals surface area contributed by atoms with E-state index in [0.717, 1.165) is 0 Å². The molecule has 0 spiro atoms. The molecule has 3 N–H and O–H groups in total. The quantitative estimate of drug-likeness (QED) is 0.803. The summed E-state index contributed by atoms with van der Waals surface area (Å²) in [6, 6.07) is 5.08. The first-order chi connectivity index (χ1) is 9.78. The highest BCUT2D eigenvalue weighted by Gasteiger charge is 2.27. The van der Waals surface area contributed by atoms with Crippen molar-refractivity contribution in [3.05, 3.63) is 23.8 Å². The maximum absolute atomic E-state index is 11.9. The van der Waals surface area contributed by atoms with E-state index in [9.17, 15) is 13.2 Å². The number of carbonyl (C=O) groups is 1. The second kappa shape index (κ2) is 5.93. The number of hydrogen-bond donors (Lipinski definition) is 2.